The van der Waals surface area contributed by atoms with E-state index in [2.05, 4.69) is 24.0 Å². The smallest absolute Gasteiger partial charge is 0.243 e. The quantitative estimate of drug-likeness (QED) is 0.527. The van der Waals surface area contributed by atoms with Gasteiger partial charge in [-0.25, -0.2) is 8.42 Å². The van der Waals surface area contributed by atoms with Crippen molar-refractivity contribution < 1.29 is 13.2 Å². The number of carbonyl (C=O) groups excluding carboxylic acids is 1. The van der Waals surface area contributed by atoms with Crippen molar-refractivity contribution in [2.75, 3.05) is 44.2 Å². The van der Waals surface area contributed by atoms with Gasteiger partial charge in [0, 0.05) is 50.9 Å². The van der Waals surface area contributed by atoms with E-state index in [1.165, 1.54) is 15.6 Å². The number of rotatable bonds is 5. The number of benzene rings is 3. The van der Waals surface area contributed by atoms with Gasteiger partial charge in [0.15, 0.2) is 0 Å². The Morgan fingerprint density at radius 2 is 1.42 bits per heavy atom. The molecule has 2 aliphatic rings. The molecule has 2 heterocycles. The van der Waals surface area contributed by atoms with Crippen LogP contribution in [-0.4, -0.2) is 62.8 Å². The second-order valence-corrected chi connectivity index (χ2v) is 11.8. The molecule has 5 rings (SSSR count). The van der Waals surface area contributed by atoms with Crippen LogP contribution >= 0.6 is 0 Å². The molecule has 0 bridgehead atoms. The Morgan fingerprint density at radius 1 is 0.778 bits per heavy atom. The zero-order valence-electron chi connectivity index (χ0n) is 20.9. The van der Waals surface area contributed by atoms with E-state index in [4.69, 9.17) is 0 Å². The highest BCUT2D eigenvalue weighted by molar-refractivity contribution is 7.89. The van der Waals surface area contributed by atoms with Crippen LogP contribution < -0.4 is 4.90 Å². The number of aryl methyl sites for hydroxylation is 2. The van der Waals surface area contributed by atoms with Crippen molar-refractivity contribution in [3.8, 4) is 0 Å². The molecular weight excluding hydrogens is 470 g/mol. The minimum Gasteiger partial charge on any atom is -0.368 e. The summed E-state index contributed by atoms with van der Waals surface area (Å²) in [5.41, 5.74) is 4.60. The molecule has 2 atom stereocenters. The monoisotopic (exact) mass is 503 g/mol. The van der Waals surface area contributed by atoms with Gasteiger partial charge in [-0.1, -0.05) is 66.2 Å². The molecule has 0 aromatic heterocycles. The molecule has 2 aliphatic heterocycles. The van der Waals surface area contributed by atoms with Crippen molar-refractivity contribution in [3.63, 3.8) is 0 Å². The van der Waals surface area contributed by atoms with Gasteiger partial charge >= 0.3 is 0 Å². The number of hydrogen-bond acceptors (Lipinski definition) is 4. The average molecular weight is 504 g/mol. The van der Waals surface area contributed by atoms with E-state index >= 15 is 0 Å². The lowest BCUT2D eigenvalue weighted by Crippen LogP contribution is -2.51. The molecule has 6 nitrogen and oxygen atoms in total. The van der Waals surface area contributed by atoms with E-state index in [0.717, 1.165) is 24.2 Å². The molecule has 2 saturated heterocycles. The predicted molar refractivity (Wildman–Crippen MR) is 143 cm³/mol. The minimum atomic E-state index is -3.68. The lowest BCUT2D eigenvalue weighted by Gasteiger charge is -2.38. The molecule has 188 valence electrons. The van der Waals surface area contributed by atoms with Gasteiger partial charge in [0.2, 0.25) is 15.9 Å². The number of amides is 1. The van der Waals surface area contributed by atoms with E-state index in [1.54, 1.807) is 30.3 Å². The molecule has 3 aromatic carbocycles. The molecule has 0 N–H and O–H groups in total. The fourth-order valence-electron chi connectivity index (χ4n) is 5.43. The van der Waals surface area contributed by atoms with E-state index in [0.29, 0.717) is 19.6 Å². The first-order valence-corrected chi connectivity index (χ1v) is 14.0. The lowest BCUT2D eigenvalue weighted by molar-refractivity contribution is -0.135. The molecule has 1 amide bonds. The van der Waals surface area contributed by atoms with Crippen LogP contribution in [0.5, 0.6) is 0 Å². The van der Waals surface area contributed by atoms with Gasteiger partial charge in [0.25, 0.3) is 0 Å². The molecule has 0 spiro atoms. The zero-order chi connectivity index (χ0) is 25.3. The maximum atomic E-state index is 13.9. The largest absolute Gasteiger partial charge is 0.368 e. The van der Waals surface area contributed by atoms with Crippen LogP contribution in [0.4, 0.5) is 5.69 Å². The highest BCUT2D eigenvalue weighted by Crippen LogP contribution is 2.37. The van der Waals surface area contributed by atoms with Crippen LogP contribution in [0.3, 0.4) is 0 Å². The van der Waals surface area contributed by atoms with Crippen LogP contribution in [0.15, 0.2) is 83.8 Å². The van der Waals surface area contributed by atoms with E-state index in [1.807, 2.05) is 48.2 Å². The molecule has 2 fully saturated rings. The summed E-state index contributed by atoms with van der Waals surface area (Å²) >= 11 is 0. The lowest BCUT2D eigenvalue weighted by atomic mass is 9.87. The maximum absolute atomic E-state index is 13.9. The molecule has 0 saturated carbocycles. The van der Waals surface area contributed by atoms with Gasteiger partial charge in [-0.2, -0.15) is 4.31 Å². The molecule has 0 aliphatic carbocycles. The Kier molecular flexibility index (Phi) is 6.86. The Bertz CT molecular complexity index is 1320. The van der Waals surface area contributed by atoms with Crippen molar-refractivity contribution in [2.24, 2.45) is 5.92 Å². The van der Waals surface area contributed by atoms with Crippen molar-refractivity contribution in [2.45, 2.75) is 24.7 Å². The minimum absolute atomic E-state index is 0.0516. The first-order chi connectivity index (χ1) is 17.3. The van der Waals surface area contributed by atoms with Gasteiger partial charge in [-0.3, -0.25) is 4.79 Å². The SMILES string of the molecule is Cc1ccc([C@@H]2CN(S(=O)(=O)c3ccccc3)C[C@H]2C(=O)N2CCN(c3ccccc3C)CC2)cc1. The molecule has 3 aromatic rings. The van der Waals surface area contributed by atoms with Gasteiger partial charge in [0.05, 0.1) is 10.8 Å². The summed E-state index contributed by atoms with van der Waals surface area (Å²) in [4.78, 5) is 18.4. The van der Waals surface area contributed by atoms with Crippen LogP contribution in [0.1, 0.15) is 22.6 Å². The Hall–Kier alpha value is -3.16. The first kappa shape index (κ1) is 24.5. The van der Waals surface area contributed by atoms with Gasteiger partial charge in [-0.15, -0.1) is 0 Å². The number of para-hydroxylation sites is 1. The van der Waals surface area contributed by atoms with Crippen LogP contribution in [-0.2, 0) is 14.8 Å². The summed E-state index contributed by atoms with van der Waals surface area (Å²) in [6, 6.07) is 25.0. The second kappa shape index (κ2) is 10.1. The first-order valence-electron chi connectivity index (χ1n) is 12.6. The van der Waals surface area contributed by atoms with Crippen LogP contribution in [0, 0.1) is 19.8 Å². The molecule has 36 heavy (non-hydrogen) atoms. The van der Waals surface area contributed by atoms with Crippen molar-refractivity contribution >= 4 is 21.6 Å². The number of hydrogen-bond donors (Lipinski definition) is 0. The van der Waals surface area contributed by atoms with Crippen molar-refractivity contribution in [1.82, 2.24) is 9.21 Å². The normalized spacial score (nSPS) is 21.1. The topological polar surface area (TPSA) is 60.9 Å². The Labute approximate surface area is 214 Å². The van der Waals surface area contributed by atoms with E-state index in [9.17, 15) is 13.2 Å². The zero-order valence-corrected chi connectivity index (χ0v) is 21.7. The molecule has 0 radical (unpaired) electrons. The average Bonchev–Trinajstić information content (AvgIpc) is 3.36. The Morgan fingerprint density at radius 3 is 2.08 bits per heavy atom. The van der Waals surface area contributed by atoms with Gasteiger partial charge in [0.1, 0.15) is 0 Å². The van der Waals surface area contributed by atoms with Gasteiger partial charge < -0.3 is 9.80 Å². The summed E-state index contributed by atoms with van der Waals surface area (Å²) in [5.74, 6) is -0.530. The van der Waals surface area contributed by atoms with Crippen LogP contribution in [0.25, 0.3) is 0 Å². The number of carbonyl (C=O) groups is 1. The van der Waals surface area contributed by atoms with E-state index < -0.39 is 15.9 Å². The maximum Gasteiger partial charge on any atom is 0.243 e. The van der Waals surface area contributed by atoms with Crippen LogP contribution in [0.2, 0.25) is 0 Å². The fraction of sp³-hybridized carbons (Fsp3) is 0.345. The molecule has 7 heteroatoms. The summed E-state index contributed by atoms with van der Waals surface area (Å²) in [6.07, 6.45) is 0. The summed E-state index contributed by atoms with van der Waals surface area (Å²) in [7, 11) is -3.68. The highest BCUT2D eigenvalue weighted by atomic mass is 32.2. The molecular formula is C29H33N3O3S. The van der Waals surface area contributed by atoms with Gasteiger partial charge in [-0.05, 0) is 43.2 Å². The predicted octanol–water partition coefficient (Wildman–Crippen LogP) is 4.06. The van der Waals surface area contributed by atoms with Crippen molar-refractivity contribution in [1.29, 1.82) is 0 Å². The third-order valence-electron chi connectivity index (χ3n) is 7.54. The van der Waals surface area contributed by atoms with E-state index in [-0.39, 0.29) is 23.3 Å². The number of sulfonamides is 1. The highest BCUT2D eigenvalue weighted by Gasteiger charge is 2.45. The van der Waals surface area contributed by atoms with Crippen molar-refractivity contribution in [3.05, 3.63) is 95.6 Å². The second-order valence-electron chi connectivity index (χ2n) is 9.86. The summed E-state index contributed by atoms with van der Waals surface area (Å²) < 4.78 is 28.4. The Balaban J connectivity index is 1.37. The number of anilines is 1. The summed E-state index contributed by atoms with van der Waals surface area (Å²) in [5, 5.41) is 0. The number of piperazine rings is 1. The standard InChI is InChI=1S/C29H33N3O3S/c1-22-12-14-24(15-13-22)26-20-32(36(34,35)25-9-4-3-5-10-25)21-27(26)29(33)31-18-16-30(17-19-31)28-11-7-6-8-23(28)2/h3-15,26-27H,16-21H2,1-2H3/t26-,27+/m0/s1. The summed E-state index contributed by atoms with van der Waals surface area (Å²) in [6.45, 7) is 7.45. The third kappa shape index (κ3) is 4.77. The number of nitrogens with zero attached hydrogens (tertiary/aromatic N) is 3. The third-order valence-corrected chi connectivity index (χ3v) is 9.38. The molecule has 0 unspecified atom stereocenters. The fourth-order valence-corrected chi connectivity index (χ4v) is 6.94.